The Morgan fingerprint density at radius 2 is 1.56 bits per heavy atom. The third-order valence-electron chi connectivity index (χ3n) is 8.90. The van der Waals surface area contributed by atoms with Gasteiger partial charge in [0.15, 0.2) is 0 Å². The van der Waals surface area contributed by atoms with Gasteiger partial charge in [0, 0.05) is 45.0 Å². The average molecular weight is 373 g/mol. The summed E-state index contributed by atoms with van der Waals surface area (Å²) in [6.07, 6.45) is 12.0. The molecule has 0 heterocycles. The maximum Gasteiger partial charge on any atom is 0.0442 e. The lowest BCUT2D eigenvalue weighted by atomic mass is 9.45. The van der Waals surface area contributed by atoms with Crippen molar-refractivity contribution in [2.75, 3.05) is 28.2 Å². The molecule has 0 unspecified atom stereocenters. The first-order valence-corrected chi connectivity index (χ1v) is 11.2. The average Bonchev–Trinajstić information content (AvgIpc) is 2.91. The Kier molecular flexibility index (Phi) is 4.83. The van der Waals surface area contributed by atoms with Crippen molar-refractivity contribution >= 4 is 11.4 Å². The molecule has 4 aliphatic rings. The summed E-state index contributed by atoms with van der Waals surface area (Å²) in [7, 11) is 8.28. The zero-order valence-electron chi connectivity index (χ0n) is 18.5. The van der Waals surface area contributed by atoms with E-state index in [4.69, 9.17) is 10.2 Å². The normalized spacial score (nSPS) is 46.7. The van der Waals surface area contributed by atoms with Gasteiger partial charge in [0.1, 0.15) is 0 Å². The maximum atomic E-state index is 4.94. The molecule has 0 radical (unpaired) electrons. The quantitative estimate of drug-likeness (QED) is 0.648. The van der Waals surface area contributed by atoms with Crippen LogP contribution in [0.3, 0.4) is 0 Å². The molecule has 6 atom stereocenters. The summed E-state index contributed by atoms with van der Waals surface area (Å²) < 4.78 is 0. The first-order valence-electron chi connectivity index (χ1n) is 11.2. The molecule has 0 aromatic heterocycles. The molecule has 4 heteroatoms. The van der Waals surface area contributed by atoms with E-state index in [2.05, 4.69) is 42.0 Å². The van der Waals surface area contributed by atoms with E-state index in [-0.39, 0.29) is 0 Å². The molecule has 4 aliphatic carbocycles. The third kappa shape index (κ3) is 3.11. The lowest BCUT2D eigenvalue weighted by molar-refractivity contribution is -0.0817. The van der Waals surface area contributed by atoms with Crippen LogP contribution in [0, 0.1) is 34.5 Å². The Hall–Kier alpha value is -1.06. The van der Waals surface area contributed by atoms with Crippen LogP contribution >= 0.6 is 0 Å². The fourth-order valence-electron chi connectivity index (χ4n) is 7.63. The zero-order valence-corrected chi connectivity index (χ0v) is 18.5. The van der Waals surface area contributed by atoms with Gasteiger partial charge < -0.3 is 10.0 Å². The highest BCUT2D eigenvalue weighted by Crippen LogP contribution is 2.65. The zero-order chi connectivity index (χ0) is 19.4. The van der Waals surface area contributed by atoms with Crippen LogP contribution in [0.1, 0.15) is 71.6 Å². The van der Waals surface area contributed by atoms with E-state index in [9.17, 15) is 0 Å². The van der Waals surface area contributed by atoms with Gasteiger partial charge in [-0.3, -0.25) is 0 Å². The van der Waals surface area contributed by atoms with Crippen LogP contribution in [0.5, 0.6) is 0 Å². The molecule has 0 spiro atoms. The lowest BCUT2D eigenvalue weighted by Crippen LogP contribution is -2.53. The topological polar surface area (TPSA) is 31.2 Å². The van der Waals surface area contributed by atoms with Crippen LogP contribution in [0.2, 0.25) is 0 Å². The van der Waals surface area contributed by atoms with E-state index in [0.717, 1.165) is 23.7 Å². The summed E-state index contributed by atoms with van der Waals surface area (Å²) in [6, 6.07) is 0. The molecular weight excluding hydrogens is 332 g/mol. The van der Waals surface area contributed by atoms with Crippen LogP contribution in [-0.4, -0.2) is 49.6 Å². The van der Waals surface area contributed by atoms with Gasteiger partial charge in [-0.15, -0.1) is 0 Å². The van der Waals surface area contributed by atoms with Crippen molar-refractivity contribution in [2.45, 2.75) is 71.6 Å². The predicted octanol–water partition coefficient (Wildman–Crippen LogP) is 4.86. The Morgan fingerprint density at radius 1 is 0.815 bits per heavy atom. The minimum Gasteiger partial charge on any atom is -0.303 e. The van der Waals surface area contributed by atoms with Gasteiger partial charge in [-0.25, -0.2) is 0 Å². The molecule has 0 aromatic carbocycles. The molecule has 0 saturated heterocycles. The molecule has 0 amide bonds. The lowest BCUT2D eigenvalue weighted by Gasteiger charge is -2.59. The third-order valence-corrected chi connectivity index (χ3v) is 8.90. The minimum absolute atomic E-state index is 0.362. The summed E-state index contributed by atoms with van der Waals surface area (Å²) in [6.45, 7) is 5.19. The Balaban J connectivity index is 1.56. The fourth-order valence-corrected chi connectivity index (χ4v) is 7.63. The smallest absolute Gasteiger partial charge is 0.0442 e. The highest BCUT2D eigenvalue weighted by molar-refractivity contribution is 5.92. The molecule has 4 nitrogen and oxygen atoms in total. The molecule has 27 heavy (non-hydrogen) atoms. The standard InChI is InChI=1S/C23H40N4/c1-22-13-11-17(24-26(3)4)15-16(22)7-8-18-19-9-10-21(25-27(5)6)23(19,2)14-12-20(18)22/h16,18-20H,7-15H2,1-6H3/b24-17+,25-21+/t16-,18-,19-,20-,22-,23-/m0/s1. The summed E-state index contributed by atoms with van der Waals surface area (Å²) in [5.74, 6) is 3.57. The summed E-state index contributed by atoms with van der Waals surface area (Å²) in [5.41, 5.74) is 3.84. The second kappa shape index (κ2) is 6.77. The number of hydrazone groups is 2. The second-order valence-electron chi connectivity index (χ2n) is 10.8. The van der Waals surface area contributed by atoms with E-state index in [0.29, 0.717) is 10.8 Å². The van der Waals surface area contributed by atoms with E-state index in [1.165, 1.54) is 69.2 Å². The Morgan fingerprint density at radius 3 is 2.26 bits per heavy atom. The van der Waals surface area contributed by atoms with Gasteiger partial charge in [0.25, 0.3) is 0 Å². The van der Waals surface area contributed by atoms with Crippen molar-refractivity contribution in [1.82, 2.24) is 10.0 Å². The van der Waals surface area contributed by atoms with Gasteiger partial charge in [0.05, 0.1) is 0 Å². The van der Waals surface area contributed by atoms with E-state index < -0.39 is 0 Å². The van der Waals surface area contributed by atoms with Crippen molar-refractivity contribution < 1.29 is 0 Å². The summed E-state index contributed by atoms with van der Waals surface area (Å²) in [5, 5.41) is 13.8. The highest BCUT2D eigenvalue weighted by Gasteiger charge is 2.59. The Labute approximate surface area is 166 Å². The first-order chi connectivity index (χ1) is 12.7. The molecule has 0 aromatic rings. The number of hydrogen-bond donors (Lipinski definition) is 0. The van der Waals surface area contributed by atoms with Gasteiger partial charge in [-0.05, 0) is 86.9 Å². The molecule has 4 rings (SSSR count). The van der Waals surface area contributed by atoms with Gasteiger partial charge in [0.2, 0.25) is 0 Å². The fraction of sp³-hybridized carbons (Fsp3) is 0.913. The second-order valence-corrected chi connectivity index (χ2v) is 10.8. The number of nitrogens with zero attached hydrogens (tertiary/aromatic N) is 4. The van der Waals surface area contributed by atoms with Crippen molar-refractivity contribution in [1.29, 1.82) is 0 Å². The monoisotopic (exact) mass is 372 g/mol. The van der Waals surface area contributed by atoms with E-state index >= 15 is 0 Å². The van der Waals surface area contributed by atoms with Gasteiger partial charge in [-0.1, -0.05) is 13.8 Å². The molecular formula is C23H40N4. The largest absolute Gasteiger partial charge is 0.303 e. The summed E-state index contributed by atoms with van der Waals surface area (Å²) in [4.78, 5) is 0. The van der Waals surface area contributed by atoms with E-state index in [1.54, 1.807) is 0 Å². The van der Waals surface area contributed by atoms with Crippen LogP contribution in [0.15, 0.2) is 10.2 Å². The highest BCUT2D eigenvalue weighted by atomic mass is 15.4. The maximum absolute atomic E-state index is 4.94. The Bertz CT molecular complexity index is 636. The number of fused-ring (bicyclic) bond motifs is 5. The summed E-state index contributed by atoms with van der Waals surface area (Å²) >= 11 is 0. The van der Waals surface area contributed by atoms with Crippen molar-refractivity contribution in [3.63, 3.8) is 0 Å². The van der Waals surface area contributed by atoms with Gasteiger partial charge >= 0.3 is 0 Å². The molecule has 0 bridgehead atoms. The van der Waals surface area contributed by atoms with Crippen molar-refractivity contribution in [3.8, 4) is 0 Å². The first kappa shape index (κ1) is 19.3. The SMILES string of the molecule is CN(C)/N=C1\CC[C@@]2(C)[C@@H](CC[C@@H]3[C@@H]2CC[C@]2(C)/C(=N/N(C)C)CC[C@@H]32)C1. The molecule has 0 N–H and O–H groups in total. The minimum atomic E-state index is 0.362. The molecule has 4 saturated carbocycles. The molecule has 4 fully saturated rings. The van der Waals surface area contributed by atoms with Crippen molar-refractivity contribution in [3.05, 3.63) is 0 Å². The van der Waals surface area contributed by atoms with Crippen LogP contribution in [0.25, 0.3) is 0 Å². The van der Waals surface area contributed by atoms with Crippen LogP contribution < -0.4 is 0 Å². The predicted molar refractivity (Wildman–Crippen MR) is 114 cm³/mol. The van der Waals surface area contributed by atoms with E-state index in [1.807, 2.05) is 10.0 Å². The molecule has 152 valence electrons. The van der Waals surface area contributed by atoms with Crippen LogP contribution in [0.4, 0.5) is 0 Å². The van der Waals surface area contributed by atoms with Gasteiger partial charge in [-0.2, -0.15) is 10.2 Å². The number of hydrogen-bond acceptors (Lipinski definition) is 4. The van der Waals surface area contributed by atoms with Crippen molar-refractivity contribution in [2.24, 2.45) is 44.7 Å². The molecule has 0 aliphatic heterocycles. The number of rotatable bonds is 2. The van der Waals surface area contributed by atoms with Crippen LogP contribution in [-0.2, 0) is 0 Å².